The molecule has 80 heavy (non-hydrogen) atoms. The summed E-state index contributed by atoms with van der Waals surface area (Å²) in [5.74, 6) is -0.910. The molecule has 0 saturated carbocycles. The van der Waals surface area contributed by atoms with Gasteiger partial charge < -0.3 is 18.9 Å². The van der Waals surface area contributed by atoms with Crippen LogP contribution in [0.3, 0.4) is 0 Å². The molecule has 2 atom stereocenters. The van der Waals surface area contributed by atoms with E-state index in [0.29, 0.717) is 23.9 Å². The lowest BCUT2D eigenvalue weighted by Crippen LogP contribution is -2.37. The van der Waals surface area contributed by atoms with Crippen molar-refractivity contribution in [2.75, 3.05) is 47.5 Å². The van der Waals surface area contributed by atoms with E-state index in [4.69, 9.17) is 18.5 Å². The predicted molar refractivity (Wildman–Crippen MR) is 343 cm³/mol. The fourth-order valence-corrected chi connectivity index (χ4v) is 8.33. The second kappa shape index (κ2) is 59.0. The molecule has 1 N–H and O–H groups in total. The molecule has 9 nitrogen and oxygen atoms in total. The average molecular weight is 1130 g/mol. The zero-order valence-electron chi connectivity index (χ0n) is 51.0. The van der Waals surface area contributed by atoms with E-state index in [1.54, 1.807) is 0 Å². The number of hydrogen-bond donors (Lipinski definition) is 1. The number of unbranched alkanes of at least 4 members (excludes halogenated alkanes) is 12. The fraction of sp³-hybridized carbons (Fsp3) is 0.571. The Morgan fingerprint density at radius 3 is 1.05 bits per heavy atom. The Morgan fingerprint density at radius 1 is 0.388 bits per heavy atom. The van der Waals surface area contributed by atoms with Gasteiger partial charge in [0.25, 0.3) is 0 Å². The Balaban J connectivity index is 4.19. The third-order valence-electron chi connectivity index (χ3n) is 12.3. The van der Waals surface area contributed by atoms with Crippen molar-refractivity contribution in [2.24, 2.45) is 0 Å². The highest BCUT2D eigenvalue weighted by molar-refractivity contribution is 7.47. The van der Waals surface area contributed by atoms with Crippen LogP contribution in [0.15, 0.2) is 170 Å². The highest BCUT2D eigenvalue weighted by Crippen LogP contribution is 2.43. The summed E-state index contributed by atoms with van der Waals surface area (Å²) in [7, 11) is 1.41. The van der Waals surface area contributed by atoms with Gasteiger partial charge in [0.05, 0.1) is 27.7 Å². The van der Waals surface area contributed by atoms with Crippen LogP contribution in [0.2, 0.25) is 0 Å². The van der Waals surface area contributed by atoms with Crippen molar-refractivity contribution in [3.05, 3.63) is 170 Å². The number of likely N-dealkylation sites (N-methyl/N-ethyl adjacent to an activating group) is 1. The van der Waals surface area contributed by atoms with Gasteiger partial charge in [0, 0.05) is 12.8 Å². The summed E-state index contributed by atoms with van der Waals surface area (Å²) in [6.07, 6.45) is 90.2. The summed E-state index contributed by atoms with van der Waals surface area (Å²) in [5.41, 5.74) is 0. The largest absolute Gasteiger partial charge is 0.472 e. The van der Waals surface area contributed by atoms with Gasteiger partial charge >= 0.3 is 19.8 Å². The van der Waals surface area contributed by atoms with Gasteiger partial charge in [-0.15, -0.1) is 0 Å². The summed E-state index contributed by atoms with van der Waals surface area (Å²) in [6.45, 7) is 4.09. The SMILES string of the molecule is CC/C=C\C/C=C\C/C=C\C/C=C\C/C=C\C/C=C\C/C=C\C/C=C\CCCCCCCCCCCCCCC(=O)OC(COC(=O)CC/C=C\C/C=C\C/C=C\C/C=C\C/C=C\C/C=C\CC)COP(=O)(O)OCC[N+](C)(C)C. The van der Waals surface area contributed by atoms with Crippen molar-refractivity contribution in [1.29, 1.82) is 0 Å². The van der Waals surface area contributed by atoms with E-state index in [-0.39, 0.29) is 26.1 Å². The molecule has 0 aromatic rings. The van der Waals surface area contributed by atoms with Crippen LogP contribution in [-0.4, -0.2) is 74.9 Å². The number of allylic oxidation sites excluding steroid dienone is 28. The van der Waals surface area contributed by atoms with Gasteiger partial charge in [-0.3, -0.25) is 18.6 Å². The highest BCUT2D eigenvalue weighted by atomic mass is 31.2. The van der Waals surface area contributed by atoms with Gasteiger partial charge in [-0.2, -0.15) is 0 Å². The Morgan fingerprint density at radius 2 is 0.700 bits per heavy atom. The van der Waals surface area contributed by atoms with Crippen molar-refractivity contribution in [3.8, 4) is 0 Å². The molecular weight excluding hydrogens is 1010 g/mol. The number of rotatable bonds is 54. The minimum Gasteiger partial charge on any atom is -0.462 e. The van der Waals surface area contributed by atoms with Crippen molar-refractivity contribution >= 4 is 19.8 Å². The molecule has 0 fully saturated rings. The van der Waals surface area contributed by atoms with Crippen molar-refractivity contribution in [2.45, 2.75) is 213 Å². The first-order chi connectivity index (χ1) is 39.0. The van der Waals surface area contributed by atoms with Gasteiger partial charge in [0.15, 0.2) is 6.10 Å². The van der Waals surface area contributed by atoms with E-state index in [1.807, 2.05) is 33.3 Å². The van der Waals surface area contributed by atoms with Crippen molar-refractivity contribution in [1.82, 2.24) is 0 Å². The molecule has 0 aromatic carbocycles. The monoisotopic (exact) mass is 1130 g/mol. The van der Waals surface area contributed by atoms with Gasteiger partial charge in [-0.25, -0.2) is 4.57 Å². The van der Waals surface area contributed by atoms with Crippen LogP contribution in [0.4, 0.5) is 0 Å². The molecule has 0 aromatic heterocycles. The first kappa shape index (κ1) is 75.4. The number of phosphoric acid groups is 1. The van der Waals surface area contributed by atoms with Crippen LogP contribution in [-0.2, 0) is 32.7 Å². The van der Waals surface area contributed by atoms with E-state index < -0.39 is 32.5 Å². The molecule has 0 bridgehead atoms. The minimum absolute atomic E-state index is 0.0110. The molecule has 0 rings (SSSR count). The smallest absolute Gasteiger partial charge is 0.462 e. The molecule has 0 aliphatic carbocycles. The lowest BCUT2D eigenvalue weighted by Gasteiger charge is -2.24. The first-order valence-corrected chi connectivity index (χ1v) is 32.4. The van der Waals surface area contributed by atoms with Crippen molar-refractivity contribution in [3.63, 3.8) is 0 Å². The number of hydrogen-bond acceptors (Lipinski definition) is 7. The quantitative estimate of drug-likeness (QED) is 0.0211. The van der Waals surface area contributed by atoms with Gasteiger partial charge in [0.1, 0.15) is 19.8 Å². The molecule has 0 amide bonds. The molecule has 0 spiro atoms. The highest BCUT2D eigenvalue weighted by Gasteiger charge is 2.27. The number of carbonyl (C=O) groups excluding carboxylic acids is 2. The normalized spacial score (nSPS) is 14.4. The number of carbonyl (C=O) groups is 2. The predicted octanol–water partition coefficient (Wildman–Crippen LogP) is 19.8. The van der Waals surface area contributed by atoms with Crippen LogP contribution >= 0.6 is 7.82 Å². The van der Waals surface area contributed by atoms with E-state index in [0.717, 1.165) is 116 Å². The molecule has 2 unspecified atom stereocenters. The maximum Gasteiger partial charge on any atom is 0.472 e. The topological polar surface area (TPSA) is 108 Å². The Bertz CT molecular complexity index is 1950. The number of quaternary nitrogens is 1. The van der Waals surface area contributed by atoms with Crippen LogP contribution in [0, 0.1) is 0 Å². The molecule has 450 valence electrons. The summed E-state index contributed by atoms with van der Waals surface area (Å²) >= 11 is 0. The summed E-state index contributed by atoms with van der Waals surface area (Å²) in [6, 6.07) is 0. The number of ether oxygens (including phenoxy) is 2. The summed E-state index contributed by atoms with van der Waals surface area (Å²) < 4.78 is 34.5. The Labute approximate surface area is 489 Å². The van der Waals surface area contributed by atoms with Crippen LogP contribution < -0.4 is 0 Å². The second-order valence-electron chi connectivity index (χ2n) is 21.0. The molecule has 10 heteroatoms. The zero-order chi connectivity index (χ0) is 58.4. The summed E-state index contributed by atoms with van der Waals surface area (Å²) in [4.78, 5) is 35.7. The number of esters is 2. The van der Waals surface area contributed by atoms with Crippen LogP contribution in [0.25, 0.3) is 0 Å². The van der Waals surface area contributed by atoms with E-state index in [1.165, 1.54) is 51.4 Å². The average Bonchev–Trinajstić information content (AvgIpc) is 3.42. The lowest BCUT2D eigenvalue weighted by molar-refractivity contribution is -0.870. The maximum atomic E-state index is 12.8. The Kier molecular flexibility index (Phi) is 55.6. The standard InChI is InChI=1S/C70H112NO8P/c1-6-8-10-12-14-16-18-20-22-24-26-27-28-29-30-31-32-33-34-35-36-37-38-39-40-41-42-43-45-47-49-51-53-55-57-59-61-63-70(73)79-68(67-78-80(74,75)77-65-64-71(3,4)5)66-76-69(72)62-60-58-56-54-52-50-48-46-44-25-23-21-19-17-15-13-11-9-7-2/h8-11,14-17,20-23,26-27,29-30,32-33,35-36,38-39,44,46,50,52,56,58,68H,6-7,12-13,18-19,24-25,28,31,34,37,40-43,45,47-49,51,53-55,57,59-67H2,1-5H3/p+1/b10-8-,11-9-,16-14-,17-15-,22-20-,23-21-,27-26-,30-29-,33-32-,36-35-,39-38-,46-44-,52-50-,58-56-. The molecule has 0 heterocycles. The van der Waals surface area contributed by atoms with Crippen molar-refractivity contribution < 1.29 is 42.1 Å². The lowest BCUT2D eigenvalue weighted by atomic mass is 10.0. The third-order valence-corrected chi connectivity index (χ3v) is 13.2. The molecular formula is C70H113NO8P+. The van der Waals surface area contributed by atoms with E-state index >= 15 is 0 Å². The maximum absolute atomic E-state index is 12.8. The Hall–Kier alpha value is -4.63. The number of phosphoric ester groups is 1. The molecule has 0 saturated heterocycles. The zero-order valence-corrected chi connectivity index (χ0v) is 51.9. The first-order valence-electron chi connectivity index (χ1n) is 30.9. The summed E-state index contributed by atoms with van der Waals surface area (Å²) in [5, 5.41) is 0. The van der Waals surface area contributed by atoms with Gasteiger partial charge in [-0.05, 0) is 116 Å². The molecule has 0 aliphatic heterocycles. The molecule has 0 aliphatic rings. The fourth-order valence-electron chi connectivity index (χ4n) is 7.59. The minimum atomic E-state index is -4.42. The van der Waals surface area contributed by atoms with Crippen LogP contribution in [0.5, 0.6) is 0 Å². The second-order valence-corrected chi connectivity index (χ2v) is 22.4. The van der Waals surface area contributed by atoms with Crippen LogP contribution in [0.1, 0.15) is 206 Å². The molecule has 0 radical (unpaired) electrons. The van der Waals surface area contributed by atoms with Gasteiger partial charge in [-0.1, -0.05) is 248 Å². The third kappa shape index (κ3) is 62.6. The van der Waals surface area contributed by atoms with E-state index in [9.17, 15) is 19.0 Å². The van der Waals surface area contributed by atoms with Gasteiger partial charge in [0.2, 0.25) is 0 Å². The van der Waals surface area contributed by atoms with E-state index in [2.05, 4.69) is 172 Å². The number of nitrogens with zero attached hydrogens (tertiary/aromatic N) is 1.